The normalized spacial score (nSPS) is 29.5. The molecule has 1 nitrogen and oxygen atoms in total. The Morgan fingerprint density at radius 1 is 1.08 bits per heavy atom. The van der Waals surface area contributed by atoms with E-state index in [4.69, 9.17) is 0 Å². The van der Waals surface area contributed by atoms with E-state index in [9.17, 15) is 5.11 Å². The molecule has 0 aromatic rings. The molecule has 74 valence electrons. The Labute approximate surface area is 77.2 Å². The predicted octanol–water partition coefficient (Wildman–Crippen LogP) is 3.22. The van der Waals surface area contributed by atoms with Crippen LogP contribution in [0.2, 0.25) is 0 Å². The van der Waals surface area contributed by atoms with Crippen molar-refractivity contribution >= 4 is 0 Å². The third-order valence-electron chi connectivity index (χ3n) is 2.64. The van der Waals surface area contributed by atoms with Gasteiger partial charge in [-0.05, 0) is 24.7 Å². The molecule has 0 unspecified atom stereocenters. The van der Waals surface area contributed by atoms with Crippen molar-refractivity contribution in [1.82, 2.24) is 0 Å². The molecule has 1 saturated carbocycles. The second-order valence-corrected chi connectivity index (χ2v) is 3.76. The summed E-state index contributed by atoms with van der Waals surface area (Å²) < 4.78 is 0. The lowest BCUT2D eigenvalue weighted by Gasteiger charge is -2.30. The Morgan fingerprint density at radius 2 is 1.58 bits per heavy atom. The molecule has 0 aromatic carbocycles. The van der Waals surface area contributed by atoms with Crippen molar-refractivity contribution in [3.63, 3.8) is 0 Å². The van der Waals surface area contributed by atoms with E-state index in [1.807, 2.05) is 13.8 Å². The zero-order chi connectivity index (χ0) is 9.56. The summed E-state index contributed by atoms with van der Waals surface area (Å²) in [6.07, 6.45) is 4.81. The van der Waals surface area contributed by atoms with E-state index in [0.29, 0.717) is 11.8 Å². The maximum absolute atomic E-state index is 9.54. The maximum Gasteiger partial charge on any atom is 0.0570 e. The summed E-state index contributed by atoms with van der Waals surface area (Å²) >= 11 is 0. The van der Waals surface area contributed by atoms with Crippen LogP contribution in [0.1, 0.15) is 53.4 Å². The molecule has 1 aliphatic carbocycles. The van der Waals surface area contributed by atoms with Crippen molar-refractivity contribution in [2.45, 2.75) is 59.5 Å². The van der Waals surface area contributed by atoms with Gasteiger partial charge in [0.1, 0.15) is 0 Å². The summed E-state index contributed by atoms with van der Waals surface area (Å²) in [4.78, 5) is 0. The minimum absolute atomic E-state index is 0.00579. The van der Waals surface area contributed by atoms with Crippen LogP contribution < -0.4 is 0 Å². The topological polar surface area (TPSA) is 20.2 Å². The highest BCUT2D eigenvalue weighted by Gasteiger charge is 2.24. The van der Waals surface area contributed by atoms with Gasteiger partial charge >= 0.3 is 0 Å². The van der Waals surface area contributed by atoms with Gasteiger partial charge in [0.05, 0.1) is 6.10 Å². The molecule has 1 rings (SSSR count). The molecule has 0 aliphatic heterocycles. The van der Waals surface area contributed by atoms with Crippen LogP contribution in [-0.2, 0) is 0 Å². The average molecular weight is 172 g/mol. The van der Waals surface area contributed by atoms with E-state index in [1.165, 1.54) is 19.3 Å². The molecular weight excluding hydrogens is 148 g/mol. The summed E-state index contributed by atoms with van der Waals surface area (Å²) in [7, 11) is 0. The zero-order valence-corrected chi connectivity index (χ0v) is 9.01. The maximum atomic E-state index is 9.54. The smallest absolute Gasteiger partial charge is 0.0570 e. The van der Waals surface area contributed by atoms with Crippen LogP contribution in [-0.4, -0.2) is 11.2 Å². The van der Waals surface area contributed by atoms with Gasteiger partial charge in [-0.3, -0.25) is 0 Å². The van der Waals surface area contributed by atoms with Crippen molar-refractivity contribution in [2.24, 2.45) is 11.8 Å². The van der Waals surface area contributed by atoms with E-state index < -0.39 is 0 Å². The first-order valence-electron chi connectivity index (χ1n) is 5.40. The van der Waals surface area contributed by atoms with Gasteiger partial charge in [0.15, 0.2) is 0 Å². The Hall–Kier alpha value is -0.0400. The Balaban J connectivity index is 0.000000561. The van der Waals surface area contributed by atoms with E-state index in [0.717, 1.165) is 6.42 Å². The van der Waals surface area contributed by atoms with Gasteiger partial charge in [-0.2, -0.15) is 0 Å². The molecule has 1 N–H and O–H groups in total. The zero-order valence-electron chi connectivity index (χ0n) is 9.01. The molecule has 0 bridgehead atoms. The third-order valence-corrected chi connectivity index (χ3v) is 2.64. The van der Waals surface area contributed by atoms with Crippen LogP contribution in [0, 0.1) is 11.8 Å². The fourth-order valence-electron chi connectivity index (χ4n) is 1.92. The van der Waals surface area contributed by atoms with Crippen molar-refractivity contribution in [2.75, 3.05) is 0 Å². The molecule has 1 heteroatoms. The van der Waals surface area contributed by atoms with E-state index >= 15 is 0 Å². The molecule has 1 fully saturated rings. The SMILES string of the molecule is CC.CC(C)[C@@H]1CCCC[C@H]1O. The molecule has 12 heavy (non-hydrogen) atoms. The van der Waals surface area contributed by atoms with Gasteiger partial charge in [0, 0.05) is 0 Å². The monoisotopic (exact) mass is 172 g/mol. The first-order chi connectivity index (χ1) is 5.72. The number of hydrogen-bond acceptors (Lipinski definition) is 1. The van der Waals surface area contributed by atoms with Crippen LogP contribution in [0.4, 0.5) is 0 Å². The molecule has 2 atom stereocenters. The van der Waals surface area contributed by atoms with Crippen molar-refractivity contribution in [3.05, 3.63) is 0 Å². The molecule has 1 aliphatic rings. The van der Waals surface area contributed by atoms with Gasteiger partial charge < -0.3 is 5.11 Å². The highest BCUT2D eigenvalue weighted by atomic mass is 16.3. The molecule has 0 heterocycles. The summed E-state index contributed by atoms with van der Waals surface area (Å²) in [5.41, 5.74) is 0. The Morgan fingerprint density at radius 3 is 1.92 bits per heavy atom. The number of rotatable bonds is 1. The Bertz CT molecular complexity index is 99.2. The van der Waals surface area contributed by atoms with Crippen LogP contribution in [0.15, 0.2) is 0 Å². The Kier molecular flexibility index (Phi) is 6.45. The van der Waals surface area contributed by atoms with Gasteiger partial charge in [-0.1, -0.05) is 40.5 Å². The van der Waals surface area contributed by atoms with E-state index in [1.54, 1.807) is 0 Å². The minimum Gasteiger partial charge on any atom is -0.393 e. The first kappa shape index (κ1) is 12.0. The quantitative estimate of drug-likeness (QED) is 0.644. The molecule has 0 spiro atoms. The van der Waals surface area contributed by atoms with Crippen molar-refractivity contribution in [3.8, 4) is 0 Å². The van der Waals surface area contributed by atoms with E-state index in [-0.39, 0.29) is 6.10 Å². The lowest BCUT2D eigenvalue weighted by atomic mass is 9.79. The summed E-state index contributed by atoms with van der Waals surface area (Å²) in [5, 5.41) is 9.54. The third kappa shape index (κ3) is 3.57. The largest absolute Gasteiger partial charge is 0.393 e. The van der Waals surface area contributed by atoms with Crippen molar-refractivity contribution in [1.29, 1.82) is 0 Å². The highest BCUT2D eigenvalue weighted by Crippen LogP contribution is 2.29. The fraction of sp³-hybridized carbons (Fsp3) is 1.00. The van der Waals surface area contributed by atoms with E-state index in [2.05, 4.69) is 13.8 Å². The van der Waals surface area contributed by atoms with Gasteiger partial charge in [-0.25, -0.2) is 0 Å². The van der Waals surface area contributed by atoms with Crippen LogP contribution in [0.3, 0.4) is 0 Å². The lowest BCUT2D eigenvalue weighted by Crippen LogP contribution is -2.28. The first-order valence-corrected chi connectivity index (χ1v) is 5.40. The molecule has 0 saturated heterocycles. The van der Waals surface area contributed by atoms with Gasteiger partial charge in [0.2, 0.25) is 0 Å². The molecule has 0 radical (unpaired) electrons. The standard InChI is InChI=1S/C9H18O.C2H6/c1-7(2)8-5-3-4-6-9(8)10;1-2/h7-10H,3-6H2,1-2H3;1-2H3/t8-,9+;/m0./s1. The highest BCUT2D eigenvalue weighted by molar-refractivity contribution is 4.76. The van der Waals surface area contributed by atoms with Crippen LogP contribution >= 0.6 is 0 Å². The van der Waals surface area contributed by atoms with Crippen molar-refractivity contribution < 1.29 is 5.11 Å². The predicted molar refractivity (Wildman–Crippen MR) is 54.2 cm³/mol. The number of hydrogen-bond donors (Lipinski definition) is 1. The minimum atomic E-state index is -0.00579. The summed E-state index contributed by atoms with van der Waals surface area (Å²) in [6, 6.07) is 0. The lowest BCUT2D eigenvalue weighted by molar-refractivity contribution is 0.0456. The number of aliphatic hydroxyl groups is 1. The summed E-state index contributed by atoms with van der Waals surface area (Å²) in [6.45, 7) is 8.42. The second-order valence-electron chi connectivity index (χ2n) is 3.76. The van der Waals surface area contributed by atoms with Gasteiger partial charge in [-0.15, -0.1) is 0 Å². The van der Waals surface area contributed by atoms with Crippen LogP contribution in [0.5, 0.6) is 0 Å². The molecule has 0 aromatic heterocycles. The molecule has 0 amide bonds. The average Bonchev–Trinajstić information content (AvgIpc) is 2.08. The number of aliphatic hydroxyl groups excluding tert-OH is 1. The molecular formula is C11H24O. The van der Waals surface area contributed by atoms with Gasteiger partial charge in [0.25, 0.3) is 0 Å². The second kappa shape index (κ2) is 6.47. The van der Waals surface area contributed by atoms with Crippen LogP contribution in [0.25, 0.3) is 0 Å². The fourth-order valence-corrected chi connectivity index (χ4v) is 1.92. The summed E-state index contributed by atoms with van der Waals surface area (Å²) in [5.74, 6) is 1.24.